The molecule has 1 aliphatic carbocycles. The van der Waals surface area contributed by atoms with Crippen molar-refractivity contribution in [3.63, 3.8) is 0 Å². The molecule has 0 spiro atoms. The molecule has 2 heterocycles. The molecule has 2 unspecified atom stereocenters. The first-order valence-corrected chi connectivity index (χ1v) is 8.04. The van der Waals surface area contributed by atoms with E-state index >= 15 is 0 Å². The van der Waals surface area contributed by atoms with Gasteiger partial charge in [0.1, 0.15) is 5.82 Å². The van der Waals surface area contributed by atoms with E-state index in [1.165, 1.54) is 49.0 Å². The molecule has 104 valence electrons. The normalized spacial score (nSPS) is 26.6. The molecule has 0 N–H and O–H groups in total. The lowest BCUT2D eigenvalue weighted by Crippen LogP contribution is -2.36. The fourth-order valence-electron chi connectivity index (χ4n) is 3.92. The number of pyridine rings is 1. The van der Waals surface area contributed by atoms with Crippen LogP contribution in [0, 0.1) is 19.8 Å². The fraction of sp³-hybridized carbons (Fsp3) is 0.688. The van der Waals surface area contributed by atoms with Crippen LogP contribution in [0.4, 0.5) is 5.82 Å². The van der Waals surface area contributed by atoms with Gasteiger partial charge in [-0.1, -0.05) is 12.8 Å². The van der Waals surface area contributed by atoms with Crippen molar-refractivity contribution in [3.05, 3.63) is 22.9 Å². The van der Waals surface area contributed by atoms with Crippen LogP contribution in [0.15, 0.2) is 6.07 Å². The summed E-state index contributed by atoms with van der Waals surface area (Å²) >= 11 is 6.18. The highest BCUT2D eigenvalue weighted by Crippen LogP contribution is 2.40. The summed E-state index contributed by atoms with van der Waals surface area (Å²) < 4.78 is 0. The predicted molar refractivity (Wildman–Crippen MR) is 81.0 cm³/mol. The van der Waals surface area contributed by atoms with Gasteiger partial charge in [-0.25, -0.2) is 4.98 Å². The van der Waals surface area contributed by atoms with E-state index in [1.54, 1.807) is 0 Å². The van der Waals surface area contributed by atoms with Crippen LogP contribution in [0.1, 0.15) is 48.9 Å². The van der Waals surface area contributed by atoms with Crippen LogP contribution in [0.25, 0.3) is 0 Å². The van der Waals surface area contributed by atoms with Crippen molar-refractivity contribution in [3.8, 4) is 0 Å². The fourth-order valence-corrected chi connectivity index (χ4v) is 4.25. The Hall–Kier alpha value is -0.760. The molecule has 2 atom stereocenters. The van der Waals surface area contributed by atoms with Crippen molar-refractivity contribution in [2.45, 2.75) is 57.9 Å². The second-order valence-electron chi connectivity index (χ2n) is 6.11. The molecule has 3 heteroatoms. The largest absolute Gasteiger partial charge is 0.353 e. The van der Waals surface area contributed by atoms with Gasteiger partial charge in [0.05, 0.1) is 5.88 Å². The van der Waals surface area contributed by atoms with Gasteiger partial charge >= 0.3 is 0 Å². The van der Waals surface area contributed by atoms with Crippen LogP contribution < -0.4 is 4.90 Å². The number of hydrogen-bond acceptors (Lipinski definition) is 2. The zero-order valence-corrected chi connectivity index (χ0v) is 12.7. The van der Waals surface area contributed by atoms with Crippen molar-refractivity contribution in [2.75, 3.05) is 11.4 Å². The average Bonchev–Trinajstić information content (AvgIpc) is 2.81. The summed E-state index contributed by atoms with van der Waals surface area (Å²) in [5.41, 5.74) is 3.64. The molecule has 1 saturated carbocycles. The highest BCUT2D eigenvalue weighted by molar-refractivity contribution is 6.17. The van der Waals surface area contributed by atoms with Crippen LogP contribution in [0.5, 0.6) is 0 Å². The molecule has 0 radical (unpaired) electrons. The van der Waals surface area contributed by atoms with Crippen LogP contribution >= 0.6 is 11.6 Å². The highest BCUT2D eigenvalue weighted by Gasteiger charge is 2.37. The van der Waals surface area contributed by atoms with Crippen molar-refractivity contribution < 1.29 is 0 Å². The highest BCUT2D eigenvalue weighted by atomic mass is 35.5. The second kappa shape index (κ2) is 5.32. The van der Waals surface area contributed by atoms with Gasteiger partial charge in [-0.15, -0.1) is 11.6 Å². The molecule has 0 bridgehead atoms. The average molecular weight is 279 g/mol. The summed E-state index contributed by atoms with van der Waals surface area (Å²) in [7, 11) is 0. The molecule has 2 fully saturated rings. The minimum Gasteiger partial charge on any atom is -0.353 e. The van der Waals surface area contributed by atoms with Crippen molar-refractivity contribution in [1.29, 1.82) is 0 Å². The smallest absolute Gasteiger partial charge is 0.133 e. The molecule has 2 aliphatic rings. The summed E-state index contributed by atoms with van der Waals surface area (Å²) in [6.07, 6.45) is 6.86. The van der Waals surface area contributed by atoms with Crippen LogP contribution in [0.3, 0.4) is 0 Å². The van der Waals surface area contributed by atoms with E-state index in [1.807, 2.05) is 0 Å². The number of alkyl halides is 1. The number of anilines is 1. The zero-order valence-electron chi connectivity index (χ0n) is 12.0. The summed E-state index contributed by atoms with van der Waals surface area (Å²) in [4.78, 5) is 7.38. The van der Waals surface area contributed by atoms with Crippen molar-refractivity contribution in [2.24, 2.45) is 5.92 Å². The van der Waals surface area contributed by atoms with E-state index in [9.17, 15) is 0 Å². The number of hydrogen-bond donors (Lipinski definition) is 0. The van der Waals surface area contributed by atoms with Crippen LogP contribution in [-0.2, 0) is 5.88 Å². The van der Waals surface area contributed by atoms with Crippen LogP contribution in [0.2, 0.25) is 0 Å². The lowest BCUT2D eigenvalue weighted by molar-refractivity contribution is 0.341. The van der Waals surface area contributed by atoms with Gasteiger partial charge in [0.15, 0.2) is 0 Å². The first-order valence-electron chi connectivity index (χ1n) is 7.50. The van der Waals surface area contributed by atoms with Gasteiger partial charge < -0.3 is 4.90 Å². The Balaban J connectivity index is 1.97. The number of aromatic nitrogens is 1. The first-order chi connectivity index (χ1) is 9.20. The summed E-state index contributed by atoms with van der Waals surface area (Å²) in [5, 5.41) is 0. The van der Waals surface area contributed by atoms with Gasteiger partial charge in [0.2, 0.25) is 0 Å². The number of rotatable bonds is 2. The SMILES string of the molecule is Cc1cc(C)c(CCl)c(N2CCC3CCCCC32)n1. The minimum absolute atomic E-state index is 0.572. The Bertz CT molecular complexity index is 472. The monoisotopic (exact) mass is 278 g/mol. The molecular weight excluding hydrogens is 256 g/mol. The molecule has 0 aromatic carbocycles. The maximum absolute atomic E-state index is 6.18. The quantitative estimate of drug-likeness (QED) is 0.754. The third-order valence-electron chi connectivity index (χ3n) is 4.87. The number of nitrogens with zero attached hydrogens (tertiary/aromatic N) is 2. The van der Waals surface area contributed by atoms with Crippen molar-refractivity contribution >= 4 is 17.4 Å². The van der Waals surface area contributed by atoms with E-state index in [0.717, 1.165) is 18.2 Å². The molecule has 2 nitrogen and oxygen atoms in total. The number of fused-ring (bicyclic) bond motifs is 1. The molecule has 0 amide bonds. The van der Waals surface area contributed by atoms with Gasteiger partial charge in [0.25, 0.3) is 0 Å². The molecule has 1 aromatic heterocycles. The van der Waals surface area contributed by atoms with Gasteiger partial charge in [-0.2, -0.15) is 0 Å². The maximum atomic E-state index is 6.18. The predicted octanol–water partition coefficient (Wildman–Crippen LogP) is 4.21. The topological polar surface area (TPSA) is 16.1 Å². The van der Waals surface area contributed by atoms with Crippen LogP contribution in [-0.4, -0.2) is 17.6 Å². The number of halogens is 1. The Labute approximate surface area is 121 Å². The van der Waals surface area contributed by atoms with Gasteiger partial charge in [-0.05, 0) is 50.7 Å². The Kier molecular flexibility index (Phi) is 3.70. The molecule has 19 heavy (non-hydrogen) atoms. The Morgan fingerprint density at radius 2 is 2.05 bits per heavy atom. The van der Waals surface area contributed by atoms with E-state index < -0.39 is 0 Å². The van der Waals surface area contributed by atoms with Gasteiger partial charge in [-0.3, -0.25) is 0 Å². The summed E-state index contributed by atoms with van der Waals surface area (Å²) in [6.45, 7) is 5.41. The molecule has 1 aliphatic heterocycles. The van der Waals surface area contributed by atoms with E-state index in [2.05, 4.69) is 24.8 Å². The second-order valence-corrected chi connectivity index (χ2v) is 6.38. The van der Waals surface area contributed by atoms with E-state index in [0.29, 0.717) is 11.9 Å². The Morgan fingerprint density at radius 1 is 1.26 bits per heavy atom. The third kappa shape index (κ3) is 2.35. The molecular formula is C16H23ClN2. The lowest BCUT2D eigenvalue weighted by Gasteiger charge is -2.33. The standard InChI is InChI=1S/C16H23ClN2/c1-11-9-12(2)18-16(14(11)10-17)19-8-7-13-5-3-4-6-15(13)19/h9,13,15H,3-8,10H2,1-2H3. The van der Waals surface area contributed by atoms with E-state index in [-0.39, 0.29) is 0 Å². The molecule has 1 saturated heterocycles. The third-order valence-corrected chi connectivity index (χ3v) is 5.14. The Morgan fingerprint density at radius 3 is 2.84 bits per heavy atom. The van der Waals surface area contributed by atoms with Crippen molar-refractivity contribution in [1.82, 2.24) is 4.98 Å². The lowest BCUT2D eigenvalue weighted by atomic mass is 9.85. The first kappa shape index (κ1) is 13.2. The molecule has 1 aromatic rings. The summed E-state index contributed by atoms with van der Waals surface area (Å²) in [6, 6.07) is 2.86. The maximum Gasteiger partial charge on any atom is 0.133 e. The van der Waals surface area contributed by atoms with Gasteiger partial charge in [0, 0.05) is 23.8 Å². The molecule has 3 rings (SSSR count). The zero-order chi connectivity index (χ0) is 13.4. The minimum atomic E-state index is 0.572. The van der Waals surface area contributed by atoms with E-state index in [4.69, 9.17) is 16.6 Å². The number of aryl methyl sites for hydroxylation is 2. The summed E-state index contributed by atoms with van der Waals surface area (Å²) in [5.74, 6) is 2.63.